The summed E-state index contributed by atoms with van der Waals surface area (Å²) < 4.78 is 0. The van der Waals surface area contributed by atoms with E-state index in [2.05, 4.69) is 24.3 Å². The van der Waals surface area contributed by atoms with Crippen LogP contribution in [0, 0.1) is 5.92 Å². The summed E-state index contributed by atoms with van der Waals surface area (Å²) in [5.74, 6) is 0.782. The Kier molecular flexibility index (Phi) is 5.08. The van der Waals surface area contributed by atoms with Gasteiger partial charge >= 0.3 is 0 Å². The lowest BCUT2D eigenvalue weighted by Gasteiger charge is -2.19. The zero-order valence-corrected chi connectivity index (χ0v) is 13.8. The van der Waals surface area contributed by atoms with E-state index in [1.165, 1.54) is 49.5 Å². The van der Waals surface area contributed by atoms with Gasteiger partial charge in [-0.1, -0.05) is 80.5 Å². The normalized spacial score (nSPS) is 18.6. The average Bonchev–Trinajstić information content (AvgIpc) is 2.76. The second-order valence-electron chi connectivity index (χ2n) is 6.24. The van der Waals surface area contributed by atoms with Crippen molar-refractivity contribution >= 4 is 34.0 Å². The van der Waals surface area contributed by atoms with Gasteiger partial charge in [-0.15, -0.1) is 11.6 Å². The topological polar surface area (TPSA) is 0 Å². The van der Waals surface area contributed by atoms with Crippen molar-refractivity contribution in [2.45, 2.75) is 50.3 Å². The highest BCUT2D eigenvalue weighted by Gasteiger charge is 2.19. The van der Waals surface area contributed by atoms with E-state index in [-0.39, 0.29) is 5.38 Å². The molecule has 112 valence electrons. The summed E-state index contributed by atoms with van der Waals surface area (Å²) in [4.78, 5) is 0. The number of alkyl halides is 1. The van der Waals surface area contributed by atoms with Crippen LogP contribution in [0.4, 0.5) is 0 Å². The van der Waals surface area contributed by atoms with E-state index in [1.807, 2.05) is 12.1 Å². The highest BCUT2D eigenvalue weighted by atomic mass is 35.5. The molecule has 1 atom stereocenters. The Morgan fingerprint density at radius 1 is 0.905 bits per heavy atom. The number of rotatable bonds is 3. The molecule has 0 aliphatic heterocycles. The first-order valence-electron chi connectivity index (χ1n) is 8.07. The Balaban J connectivity index is 1.84. The Bertz CT molecular complexity index is 598. The summed E-state index contributed by atoms with van der Waals surface area (Å²) in [5, 5.41) is 3.23. The van der Waals surface area contributed by atoms with Gasteiger partial charge in [0.25, 0.3) is 0 Å². The quantitative estimate of drug-likeness (QED) is 0.416. The molecule has 0 nitrogen and oxygen atoms in total. The van der Waals surface area contributed by atoms with Crippen LogP contribution in [0.2, 0.25) is 5.02 Å². The Labute approximate surface area is 137 Å². The van der Waals surface area contributed by atoms with E-state index in [0.29, 0.717) is 0 Å². The Morgan fingerprint density at radius 3 is 2.29 bits per heavy atom. The van der Waals surface area contributed by atoms with Crippen LogP contribution in [0.3, 0.4) is 0 Å². The predicted molar refractivity (Wildman–Crippen MR) is 93.4 cm³/mol. The zero-order chi connectivity index (χ0) is 14.7. The van der Waals surface area contributed by atoms with Crippen molar-refractivity contribution in [3.05, 3.63) is 47.0 Å². The van der Waals surface area contributed by atoms with Gasteiger partial charge in [0.2, 0.25) is 0 Å². The fourth-order valence-electron chi connectivity index (χ4n) is 3.58. The SMILES string of the molecule is Clc1ccc(C(Cl)CC2CCCCCC2)c2ccccc12. The third-order valence-corrected chi connectivity index (χ3v) is 5.50. The molecule has 1 fully saturated rings. The van der Waals surface area contributed by atoms with Crippen molar-refractivity contribution in [1.29, 1.82) is 0 Å². The molecular weight excluding hydrogens is 299 g/mol. The molecule has 0 N–H and O–H groups in total. The van der Waals surface area contributed by atoms with Gasteiger partial charge in [-0.2, -0.15) is 0 Å². The van der Waals surface area contributed by atoms with Gasteiger partial charge in [0, 0.05) is 10.4 Å². The first-order chi connectivity index (χ1) is 10.3. The second kappa shape index (κ2) is 7.03. The molecule has 1 unspecified atom stereocenters. The Morgan fingerprint density at radius 2 is 1.57 bits per heavy atom. The van der Waals surface area contributed by atoms with Gasteiger partial charge in [0.05, 0.1) is 5.38 Å². The molecule has 21 heavy (non-hydrogen) atoms. The number of benzene rings is 2. The minimum Gasteiger partial charge on any atom is -0.118 e. The molecule has 1 aliphatic carbocycles. The van der Waals surface area contributed by atoms with E-state index < -0.39 is 0 Å². The van der Waals surface area contributed by atoms with Gasteiger partial charge in [-0.25, -0.2) is 0 Å². The molecule has 0 spiro atoms. The van der Waals surface area contributed by atoms with E-state index >= 15 is 0 Å². The molecule has 0 heterocycles. The van der Waals surface area contributed by atoms with Crippen molar-refractivity contribution in [2.75, 3.05) is 0 Å². The van der Waals surface area contributed by atoms with Crippen LogP contribution in [-0.4, -0.2) is 0 Å². The molecule has 2 aromatic carbocycles. The molecule has 0 aromatic heterocycles. The fourth-order valence-corrected chi connectivity index (χ4v) is 4.25. The summed E-state index contributed by atoms with van der Waals surface area (Å²) in [7, 11) is 0. The maximum Gasteiger partial charge on any atom is 0.0594 e. The van der Waals surface area contributed by atoms with Gasteiger partial charge in [-0.05, 0) is 29.4 Å². The fraction of sp³-hybridized carbons (Fsp3) is 0.474. The summed E-state index contributed by atoms with van der Waals surface area (Å²) in [6.07, 6.45) is 9.31. The van der Waals surface area contributed by atoms with Gasteiger partial charge in [0.15, 0.2) is 0 Å². The lowest BCUT2D eigenvalue weighted by Crippen LogP contribution is -2.04. The molecule has 2 heteroatoms. The lowest BCUT2D eigenvalue weighted by atomic mass is 9.91. The van der Waals surface area contributed by atoms with Crippen LogP contribution in [0.15, 0.2) is 36.4 Å². The van der Waals surface area contributed by atoms with Crippen molar-refractivity contribution in [2.24, 2.45) is 5.92 Å². The summed E-state index contributed by atoms with van der Waals surface area (Å²) >= 11 is 13.1. The molecule has 0 saturated heterocycles. The van der Waals surface area contributed by atoms with Crippen molar-refractivity contribution in [1.82, 2.24) is 0 Å². The van der Waals surface area contributed by atoms with E-state index in [1.54, 1.807) is 0 Å². The van der Waals surface area contributed by atoms with Crippen LogP contribution < -0.4 is 0 Å². The van der Waals surface area contributed by atoms with Crippen molar-refractivity contribution in [3.8, 4) is 0 Å². The maximum absolute atomic E-state index is 6.78. The van der Waals surface area contributed by atoms with Crippen LogP contribution >= 0.6 is 23.2 Å². The maximum atomic E-state index is 6.78. The molecule has 0 bridgehead atoms. The van der Waals surface area contributed by atoms with Gasteiger partial charge < -0.3 is 0 Å². The second-order valence-corrected chi connectivity index (χ2v) is 7.18. The zero-order valence-electron chi connectivity index (χ0n) is 12.3. The van der Waals surface area contributed by atoms with E-state index in [9.17, 15) is 0 Å². The number of fused-ring (bicyclic) bond motifs is 1. The Hall–Kier alpha value is -0.720. The number of hydrogen-bond donors (Lipinski definition) is 0. The third kappa shape index (κ3) is 3.55. The average molecular weight is 321 g/mol. The smallest absolute Gasteiger partial charge is 0.0594 e. The standard InChI is InChI=1S/C19H22Cl2/c20-18-12-11-17(15-9-5-6-10-16(15)18)19(21)13-14-7-3-1-2-4-8-14/h5-6,9-12,14,19H,1-4,7-8,13H2. The summed E-state index contributed by atoms with van der Waals surface area (Å²) in [6.45, 7) is 0. The first kappa shape index (κ1) is 15.2. The molecule has 0 radical (unpaired) electrons. The molecule has 3 rings (SSSR count). The molecule has 1 aliphatic rings. The monoisotopic (exact) mass is 320 g/mol. The third-order valence-electron chi connectivity index (χ3n) is 4.76. The minimum absolute atomic E-state index is 0.0928. The lowest BCUT2D eigenvalue weighted by molar-refractivity contribution is 0.423. The van der Waals surface area contributed by atoms with Crippen LogP contribution in [-0.2, 0) is 0 Å². The van der Waals surface area contributed by atoms with Crippen LogP contribution in [0.25, 0.3) is 10.8 Å². The van der Waals surface area contributed by atoms with Gasteiger partial charge in [-0.3, -0.25) is 0 Å². The molecular formula is C19H22Cl2. The molecule has 1 saturated carbocycles. The van der Waals surface area contributed by atoms with E-state index in [4.69, 9.17) is 23.2 Å². The first-order valence-corrected chi connectivity index (χ1v) is 8.88. The minimum atomic E-state index is 0.0928. The van der Waals surface area contributed by atoms with Crippen LogP contribution in [0.5, 0.6) is 0 Å². The number of hydrogen-bond acceptors (Lipinski definition) is 0. The highest BCUT2D eigenvalue weighted by Crippen LogP contribution is 2.38. The summed E-state index contributed by atoms with van der Waals surface area (Å²) in [6, 6.07) is 12.4. The molecule has 2 aromatic rings. The number of halogens is 2. The largest absolute Gasteiger partial charge is 0.118 e. The van der Waals surface area contributed by atoms with Crippen molar-refractivity contribution in [3.63, 3.8) is 0 Å². The summed E-state index contributed by atoms with van der Waals surface area (Å²) in [5.41, 5.74) is 1.24. The highest BCUT2D eigenvalue weighted by molar-refractivity contribution is 6.35. The van der Waals surface area contributed by atoms with Gasteiger partial charge in [0.1, 0.15) is 0 Å². The van der Waals surface area contributed by atoms with Crippen LogP contribution in [0.1, 0.15) is 55.9 Å². The van der Waals surface area contributed by atoms with Crippen molar-refractivity contribution < 1.29 is 0 Å². The van der Waals surface area contributed by atoms with E-state index in [0.717, 1.165) is 22.7 Å². The predicted octanol–water partition coefficient (Wildman–Crippen LogP) is 7.13. The molecule has 0 amide bonds.